The Bertz CT molecular complexity index is 412. The van der Waals surface area contributed by atoms with E-state index in [2.05, 4.69) is 20.2 Å². The minimum Gasteiger partial charge on any atom is -0.379 e. The molecule has 6 nitrogen and oxygen atoms in total. The molecule has 0 spiro atoms. The predicted octanol–water partition coefficient (Wildman–Crippen LogP) is -0.178. The maximum Gasteiger partial charge on any atom is 0.252 e. The van der Waals surface area contributed by atoms with Gasteiger partial charge >= 0.3 is 0 Å². The Labute approximate surface area is 100 Å². The molecule has 0 atom stereocenters. The average molecular weight is 238 g/mol. The summed E-state index contributed by atoms with van der Waals surface area (Å²) in [6.45, 7) is 7.07. The number of rotatable bonds is 4. The molecule has 0 saturated carbocycles. The van der Waals surface area contributed by atoms with Crippen LogP contribution in [0.5, 0.6) is 0 Å². The lowest BCUT2D eigenvalue weighted by Crippen LogP contribution is -2.39. The minimum atomic E-state index is -0.119. The van der Waals surface area contributed by atoms with Crippen LogP contribution in [0, 0.1) is 6.92 Å². The molecule has 1 aliphatic heterocycles. The fraction of sp³-hybridized carbons (Fsp3) is 0.636. The van der Waals surface area contributed by atoms with E-state index in [4.69, 9.17) is 4.74 Å². The van der Waals surface area contributed by atoms with Crippen LogP contribution < -0.4 is 10.9 Å². The Hall–Kier alpha value is -1.40. The third kappa shape index (κ3) is 3.83. The number of aryl methyl sites for hydroxylation is 1. The molecule has 0 bridgehead atoms. The van der Waals surface area contributed by atoms with Gasteiger partial charge in [0.1, 0.15) is 11.6 Å². The number of nitrogens with one attached hydrogen (secondary N) is 2. The van der Waals surface area contributed by atoms with Crippen LogP contribution >= 0.6 is 0 Å². The van der Waals surface area contributed by atoms with Gasteiger partial charge in [-0.1, -0.05) is 0 Å². The summed E-state index contributed by atoms with van der Waals surface area (Å²) in [5.41, 5.74) is -0.119. The van der Waals surface area contributed by atoms with Crippen molar-refractivity contribution < 1.29 is 4.74 Å². The van der Waals surface area contributed by atoms with Gasteiger partial charge in [-0.15, -0.1) is 0 Å². The quantitative estimate of drug-likeness (QED) is 0.761. The molecular formula is C11H18N4O2. The molecule has 2 heterocycles. The molecule has 1 saturated heterocycles. The molecule has 0 aromatic carbocycles. The van der Waals surface area contributed by atoms with E-state index in [-0.39, 0.29) is 5.56 Å². The second-order valence-corrected chi connectivity index (χ2v) is 4.10. The summed E-state index contributed by atoms with van der Waals surface area (Å²) in [6, 6.07) is 1.48. The van der Waals surface area contributed by atoms with Crippen LogP contribution in [-0.4, -0.2) is 54.3 Å². The summed E-state index contributed by atoms with van der Waals surface area (Å²) in [5, 5.41) is 3.16. The zero-order valence-corrected chi connectivity index (χ0v) is 10.0. The molecule has 94 valence electrons. The number of morpholine rings is 1. The zero-order chi connectivity index (χ0) is 12.1. The molecule has 0 aliphatic carbocycles. The Morgan fingerprint density at radius 1 is 1.53 bits per heavy atom. The van der Waals surface area contributed by atoms with Crippen molar-refractivity contribution in [1.82, 2.24) is 14.9 Å². The first-order valence-electron chi connectivity index (χ1n) is 5.86. The molecule has 1 aromatic heterocycles. The number of anilines is 1. The fourth-order valence-corrected chi connectivity index (χ4v) is 1.84. The lowest BCUT2D eigenvalue weighted by atomic mass is 10.4. The SMILES string of the molecule is Cc1nc(NCCN2CCOCC2)cc(=O)[nH]1. The second-order valence-electron chi connectivity index (χ2n) is 4.10. The number of hydrogen-bond donors (Lipinski definition) is 2. The van der Waals surface area contributed by atoms with Gasteiger partial charge in [0.25, 0.3) is 5.56 Å². The summed E-state index contributed by atoms with van der Waals surface area (Å²) in [4.78, 5) is 20.4. The van der Waals surface area contributed by atoms with Gasteiger partial charge in [-0.3, -0.25) is 9.69 Å². The van der Waals surface area contributed by atoms with Crippen LogP contribution in [-0.2, 0) is 4.74 Å². The molecule has 2 rings (SSSR count). The highest BCUT2D eigenvalue weighted by Crippen LogP contribution is 1.99. The molecule has 17 heavy (non-hydrogen) atoms. The van der Waals surface area contributed by atoms with Crippen molar-refractivity contribution >= 4 is 5.82 Å². The van der Waals surface area contributed by atoms with E-state index in [9.17, 15) is 4.79 Å². The van der Waals surface area contributed by atoms with Crippen molar-refractivity contribution in [3.05, 3.63) is 22.2 Å². The Balaban J connectivity index is 1.79. The van der Waals surface area contributed by atoms with Crippen LogP contribution in [0.15, 0.2) is 10.9 Å². The van der Waals surface area contributed by atoms with E-state index in [1.54, 1.807) is 6.92 Å². The monoisotopic (exact) mass is 238 g/mol. The minimum absolute atomic E-state index is 0.119. The van der Waals surface area contributed by atoms with Crippen molar-refractivity contribution in [1.29, 1.82) is 0 Å². The highest BCUT2D eigenvalue weighted by molar-refractivity contribution is 5.32. The summed E-state index contributed by atoms with van der Waals surface area (Å²) < 4.78 is 5.28. The van der Waals surface area contributed by atoms with Gasteiger partial charge in [-0.05, 0) is 6.92 Å². The molecule has 0 amide bonds. The van der Waals surface area contributed by atoms with Gasteiger partial charge in [0.05, 0.1) is 13.2 Å². The largest absolute Gasteiger partial charge is 0.379 e. The van der Waals surface area contributed by atoms with Crippen LogP contribution in [0.2, 0.25) is 0 Å². The normalized spacial score (nSPS) is 17.0. The molecule has 1 fully saturated rings. The summed E-state index contributed by atoms with van der Waals surface area (Å²) in [6.07, 6.45) is 0. The summed E-state index contributed by atoms with van der Waals surface area (Å²) >= 11 is 0. The zero-order valence-electron chi connectivity index (χ0n) is 10.0. The van der Waals surface area contributed by atoms with E-state index in [1.807, 2.05) is 0 Å². The Morgan fingerprint density at radius 2 is 2.29 bits per heavy atom. The van der Waals surface area contributed by atoms with Crippen molar-refractivity contribution in [3.8, 4) is 0 Å². The lowest BCUT2D eigenvalue weighted by molar-refractivity contribution is 0.0398. The van der Waals surface area contributed by atoms with Gasteiger partial charge in [0, 0.05) is 32.2 Å². The van der Waals surface area contributed by atoms with Gasteiger partial charge < -0.3 is 15.0 Å². The third-order valence-electron chi connectivity index (χ3n) is 2.70. The second kappa shape index (κ2) is 5.79. The van der Waals surface area contributed by atoms with Crippen LogP contribution in [0.25, 0.3) is 0 Å². The number of aromatic nitrogens is 2. The van der Waals surface area contributed by atoms with Gasteiger partial charge in [0.2, 0.25) is 0 Å². The molecular weight excluding hydrogens is 220 g/mol. The first kappa shape index (κ1) is 12.1. The molecule has 6 heteroatoms. The third-order valence-corrected chi connectivity index (χ3v) is 2.70. The van der Waals surface area contributed by atoms with Crippen LogP contribution in [0.1, 0.15) is 5.82 Å². The highest BCUT2D eigenvalue weighted by Gasteiger charge is 2.09. The Kier molecular flexibility index (Phi) is 4.11. The molecule has 0 radical (unpaired) electrons. The van der Waals surface area contributed by atoms with E-state index >= 15 is 0 Å². The van der Waals surface area contributed by atoms with E-state index in [0.717, 1.165) is 39.4 Å². The number of H-pyrrole nitrogens is 1. The first-order chi connectivity index (χ1) is 8.24. The molecule has 2 N–H and O–H groups in total. The number of nitrogens with zero attached hydrogens (tertiary/aromatic N) is 2. The fourth-order valence-electron chi connectivity index (χ4n) is 1.84. The topological polar surface area (TPSA) is 70.2 Å². The lowest BCUT2D eigenvalue weighted by Gasteiger charge is -2.26. The highest BCUT2D eigenvalue weighted by atomic mass is 16.5. The molecule has 1 aliphatic rings. The van der Waals surface area contributed by atoms with E-state index in [0.29, 0.717) is 11.6 Å². The number of aromatic amines is 1. The van der Waals surface area contributed by atoms with Crippen molar-refractivity contribution in [2.45, 2.75) is 6.92 Å². The van der Waals surface area contributed by atoms with Gasteiger partial charge in [0.15, 0.2) is 0 Å². The van der Waals surface area contributed by atoms with Crippen molar-refractivity contribution in [2.75, 3.05) is 44.7 Å². The van der Waals surface area contributed by atoms with Gasteiger partial charge in [-0.2, -0.15) is 0 Å². The summed E-state index contributed by atoms with van der Waals surface area (Å²) in [7, 11) is 0. The van der Waals surface area contributed by atoms with E-state index in [1.165, 1.54) is 6.07 Å². The predicted molar refractivity (Wildman–Crippen MR) is 65.3 cm³/mol. The summed E-state index contributed by atoms with van der Waals surface area (Å²) in [5.74, 6) is 1.27. The number of hydrogen-bond acceptors (Lipinski definition) is 5. The van der Waals surface area contributed by atoms with Crippen molar-refractivity contribution in [3.63, 3.8) is 0 Å². The first-order valence-corrected chi connectivity index (χ1v) is 5.86. The maximum atomic E-state index is 11.2. The maximum absolute atomic E-state index is 11.2. The number of ether oxygens (including phenoxy) is 1. The molecule has 0 unspecified atom stereocenters. The van der Waals surface area contributed by atoms with Gasteiger partial charge in [-0.25, -0.2) is 4.98 Å². The molecule has 1 aromatic rings. The standard InChI is InChI=1S/C11H18N4O2/c1-9-13-10(8-11(16)14-9)12-2-3-15-4-6-17-7-5-15/h8H,2-7H2,1H3,(H2,12,13,14,16). The Morgan fingerprint density at radius 3 is 3.00 bits per heavy atom. The smallest absolute Gasteiger partial charge is 0.252 e. The van der Waals surface area contributed by atoms with Crippen LogP contribution in [0.3, 0.4) is 0 Å². The van der Waals surface area contributed by atoms with Crippen molar-refractivity contribution in [2.24, 2.45) is 0 Å². The van der Waals surface area contributed by atoms with E-state index < -0.39 is 0 Å². The van der Waals surface area contributed by atoms with Crippen LogP contribution in [0.4, 0.5) is 5.82 Å². The average Bonchev–Trinajstić information content (AvgIpc) is 2.29.